The maximum Gasteiger partial charge on any atom is 0.330 e. The van der Waals surface area contributed by atoms with Crippen LogP contribution in [0.25, 0.3) is 22.2 Å². The summed E-state index contributed by atoms with van der Waals surface area (Å²) >= 11 is 0. The average Bonchev–Trinajstić information content (AvgIpc) is 2.88. The topological polar surface area (TPSA) is 92.1 Å². The predicted molar refractivity (Wildman–Crippen MR) is 85.5 cm³/mol. The Balaban J connectivity index is 2.46. The minimum Gasteiger partial charge on any atom is -0.348 e. The number of rotatable bonds is 2. The highest BCUT2D eigenvalue weighted by molar-refractivity contribution is 5.93. The van der Waals surface area contributed by atoms with Crippen LogP contribution in [0.1, 0.15) is 0 Å². The van der Waals surface area contributed by atoms with Crippen molar-refractivity contribution >= 4 is 16.6 Å². The molecule has 0 atom stereocenters. The summed E-state index contributed by atoms with van der Waals surface area (Å²) in [5.74, 6) is 0. The Kier molecular flexibility index (Phi) is 3.17. The number of aromatic nitrogens is 3. The van der Waals surface area contributed by atoms with E-state index < -0.39 is 16.2 Å². The van der Waals surface area contributed by atoms with Crippen molar-refractivity contribution in [3.63, 3.8) is 0 Å². The third-order valence-electron chi connectivity index (χ3n) is 3.95. The molecule has 2 heterocycles. The minimum absolute atomic E-state index is 0.0570. The zero-order chi connectivity index (χ0) is 16.9. The molecule has 0 aliphatic rings. The van der Waals surface area contributed by atoms with Crippen LogP contribution in [0.2, 0.25) is 0 Å². The van der Waals surface area contributed by atoms with Crippen molar-refractivity contribution in [1.82, 2.24) is 13.7 Å². The molecule has 8 nitrogen and oxygen atoms in total. The Hall–Kier alpha value is -3.16. The molecule has 23 heavy (non-hydrogen) atoms. The molecule has 0 N–H and O–H groups in total. The molecule has 0 aliphatic carbocycles. The van der Waals surface area contributed by atoms with E-state index >= 15 is 0 Å². The van der Waals surface area contributed by atoms with E-state index in [2.05, 4.69) is 0 Å². The summed E-state index contributed by atoms with van der Waals surface area (Å²) in [7, 11) is 4.73. The first kappa shape index (κ1) is 14.8. The smallest absolute Gasteiger partial charge is 0.330 e. The molecule has 0 aliphatic heterocycles. The number of non-ortho nitro benzene ring substituents is 1. The Bertz CT molecular complexity index is 1070. The van der Waals surface area contributed by atoms with Crippen molar-refractivity contribution in [2.75, 3.05) is 0 Å². The summed E-state index contributed by atoms with van der Waals surface area (Å²) < 4.78 is 4.12. The SMILES string of the molecule is Cn1cc2c(c1-c1cccc([N+](=O)[O-])c1)c(=O)n(C)c(=O)n2C. The molecule has 8 heteroatoms. The fourth-order valence-electron chi connectivity index (χ4n) is 2.77. The van der Waals surface area contributed by atoms with E-state index in [1.54, 1.807) is 37.0 Å². The maximum atomic E-state index is 12.5. The molecule has 3 aromatic rings. The molecular weight excluding hydrogens is 300 g/mol. The van der Waals surface area contributed by atoms with Crippen molar-refractivity contribution in [3.05, 3.63) is 61.4 Å². The Morgan fingerprint density at radius 1 is 1.09 bits per heavy atom. The first-order chi connectivity index (χ1) is 10.8. The number of hydrogen-bond donors (Lipinski definition) is 0. The van der Waals surface area contributed by atoms with Crippen molar-refractivity contribution < 1.29 is 4.92 Å². The molecule has 0 saturated heterocycles. The molecule has 0 saturated carbocycles. The van der Waals surface area contributed by atoms with E-state index in [-0.39, 0.29) is 5.69 Å². The second-order valence-corrected chi connectivity index (χ2v) is 5.36. The van der Waals surface area contributed by atoms with Gasteiger partial charge in [-0.3, -0.25) is 24.0 Å². The van der Waals surface area contributed by atoms with E-state index in [1.807, 2.05) is 0 Å². The van der Waals surface area contributed by atoms with Crippen LogP contribution in [0.15, 0.2) is 40.1 Å². The van der Waals surface area contributed by atoms with Crippen LogP contribution in [0.3, 0.4) is 0 Å². The summed E-state index contributed by atoms with van der Waals surface area (Å²) in [6.45, 7) is 0. The lowest BCUT2D eigenvalue weighted by molar-refractivity contribution is -0.384. The third kappa shape index (κ3) is 2.07. The molecule has 0 unspecified atom stereocenters. The van der Waals surface area contributed by atoms with Gasteiger partial charge in [-0.25, -0.2) is 4.79 Å². The first-order valence-electron chi connectivity index (χ1n) is 6.82. The quantitative estimate of drug-likeness (QED) is 0.524. The molecule has 2 aromatic heterocycles. The molecule has 0 amide bonds. The highest BCUT2D eigenvalue weighted by Crippen LogP contribution is 2.29. The highest BCUT2D eigenvalue weighted by atomic mass is 16.6. The van der Waals surface area contributed by atoms with Crippen LogP contribution < -0.4 is 11.2 Å². The van der Waals surface area contributed by atoms with Crippen molar-refractivity contribution in [3.8, 4) is 11.3 Å². The fourth-order valence-corrected chi connectivity index (χ4v) is 2.77. The second kappa shape index (κ2) is 4.94. The Morgan fingerprint density at radius 2 is 1.78 bits per heavy atom. The van der Waals surface area contributed by atoms with E-state index in [1.165, 1.54) is 23.7 Å². The number of hydrogen-bond acceptors (Lipinski definition) is 4. The van der Waals surface area contributed by atoms with E-state index in [0.717, 1.165) is 4.57 Å². The van der Waals surface area contributed by atoms with Gasteiger partial charge in [0.25, 0.3) is 11.2 Å². The lowest BCUT2D eigenvalue weighted by atomic mass is 10.1. The largest absolute Gasteiger partial charge is 0.348 e. The predicted octanol–water partition coefficient (Wildman–Crippen LogP) is 1.15. The number of fused-ring (bicyclic) bond motifs is 1. The lowest BCUT2D eigenvalue weighted by Crippen LogP contribution is -2.36. The summed E-state index contributed by atoms with van der Waals surface area (Å²) in [5, 5.41) is 11.3. The van der Waals surface area contributed by atoms with Gasteiger partial charge >= 0.3 is 5.69 Å². The normalized spacial score (nSPS) is 11.1. The summed E-state index contributed by atoms with van der Waals surface area (Å²) in [6.07, 6.45) is 1.67. The lowest BCUT2D eigenvalue weighted by Gasteiger charge is -2.06. The number of nitrogens with zero attached hydrogens (tertiary/aromatic N) is 4. The van der Waals surface area contributed by atoms with Crippen molar-refractivity contribution in [2.24, 2.45) is 21.1 Å². The Morgan fingerprint density at radius 3 is 2.43 bits per heavy atom. The molecule has 0 bridgehead atoms. The van der Waals surface area contributed by atoms with E-state index in [4.69, 9.17) is 0 Å². The zero-order valence-corrected chi connectivity index (χ0v) is 12.8. The first-order valence-corrected chi connectivity index (χ1v) is 6.82. The van der Waals surface area contributed by atoms with Crippen molar-refractivity contribution in [1.29, 1.82) is 0 Å². The van der Waals surface area contributed by atoms with Gasteiger partial charge in [-0.15, -0.1) is 0 Å². The molecule has 0 fully saturated rings. The third-order valence-corrected chi connectivity index (χ3v) is 3.95. The van der Waals surface area contributed by atoms with Crippen molar-refractivity contribution in [2.45, 2.75) is 0 Å². The van der Waals surface area contributed by atoms with Crippen LogP contribution >= 0.6 is 0 Å². The molecule has 0 spiro atoms. The zero-order valence-electron chi connectivity index (χ0n) is 12.8. The fraction of sp³-hybridized carbons (Fsp3) is 0.200. The summed E-state index contributed by atoms with van der Waals surface area (Å²) in [5.41, 5.74) is 0.678. The number of nitro benzene ring substituents is 1. The summed E-state index contributed by atoms with van der Waals surface area (Å²) in [4.78, 5) is 35.1. The van der Waals surface area contributed by atoms with E-state index in [0.29, 0.717) is 22.2 Å². The van der Waals surface area contributed by atoms with Gasteiger partial charge in [-0.05, 0) is 0 Å². The van der Waals surface area contributed by atoms with Crippen LogP contribution in [0.4, 0.5) is 5.69 Å². The van der Waals surface area contributed by atoms with Crippen LogP contribution in [-0.4, -0.2) is 18.6 Å². The molecule has 118 valence electrons. The van der Waals surface area contributed by atoms with E-state index in [9.17, 15) is 19.7 Å². The Labute approximate surface area is 130 Å². The number of benzene rings is 1. The van der Waals surface area contributed by atoms with Gasteiger partial charge in [0.15, 0.2) is 0 Å². The van der Waals surface area contributed by atoms with Gasteiger partial charge in [-0.1, -0.05) is 12.1 Å². The van der Waals surface area contributed by atoms with Crippen LogP contribution in [-0.2, 0) is 21.1 Å². The monoisotopic (exact) mass is 314 g/mol. The van der Waals surface area contributed by atoms with Gasteiger partial charge in [-0.2, -0.15) is 0 Å². The molecule has 1 aromatic carbocycles. The maximum absolute atomic E-state index is 12.5. The second-order valence-electron chi connectivity index (χ2n) is 5.36. The van der Waals surface area contributed by atoms with Gasteiger partial charge in [0.1, 0.15) is 0 Å². The molecule has 0 radical (unpaired) electrons. The minimum atomic E-state index is -0.484. The average molecular weight is 314 g/mol. The number of aryl methyl sites for hydroxylation is 2. The summed E-state index contributed by atoms with van der Waals surface area (Å²) in [6, 6.07) is 6.08. The van der Waals surface area contributed by atoms with Gasteiger partial charge in [0, 0.05) is 45.0 Å². The molecular formula is C15H14N4O4. The molecule has 3 rings (SSSR count). The van der Waals surface area contributed by atoms with Gasteiger partial charge in [0.05, 0.1) is 21.5 Å². The van der Waals surface area contributed by atoms with Gasteiger partial charge < -0.3 is 4.57 Å². The van der Waals surface area contributed by atoms with Gasteiger partial charge in [0.2, 0.25) is 0 Å². The standard InChI is InChI=1S/C15H14N4O4/c1-16-8-11-12(14(20)18(3)15(21)17(11)2)13(16)9-5-4-6-10(7-9)19(22)23/h4-8H,1-3H3. The van der Waals surface area contributed by atoms with Crippen LogP contribution in [0, 0.1) is 10.1 Å². The highest BCUT2D eigenvalue weighted by Gasteiger charge is 2.19. The van der Waals surface area contributed by atoms with Crippen LogP contribution in [0.5, 0.6) is 0 Å². The number of nitro groups is 1.